The van der Waals surface area contributed by atoms with Crippen LogP contribution in [0.15, 0.2) is 15.8 Å². The molecule has 0 saturated carbocycles. The Labute approximate surface area is 84.6 Å². The quantitative estimate of drug-likeness (QED) is 0.430. The third-order valence-electron chi connectivity index (χ3n) is 1.44. The van der Waals surface area contributed by atoms with Gasteiger partial charge in [0.05, 0.1) is 0 Å². The van der Waals surface area contributed by atoms with Crippen molar-refractivity contribution in [2.24, 2.45) is 4.99 Å². The van der Waals surface area contributed by atoms with Gasteiger partial charge in [-0.2, -0.15) is 0 Å². The van der Waals surface area contributed by atoms with E-state index in [0.717, 1.165) is 10.1 Å². The van der Waals surface area contributed by atoms with E-state index in [0.29, 0.717) is 6.01 Å². The number of thioether (sulfide) groups is 1. The Morgan fingerprint density at radius 1 is 1.77 bits per heavy atom. The van der Waals surface area contributed by atoms with E-state index in [2.05, 4.69) is 28.4 Å². The summed E-state index contributed by atoms with van der Waals surface area (Å²) in [6, 6.07) is 0.345. The molecule has 0 aliphatic rings. The van der Waals surface area contributed by atoms with Crippen LogP contribution in [0.2, 0.25) is 0 Å². The first-order chi connectivity index (χ1) is 6.27. The highest BCUT2D eigenvalue weighted by molar-refractivity contribution is 8.36. The van der Waals surface area contributed by atoms with E-state index in [-0.39, 0.29) is 10.9 Å². The van der Waals surface area contributed by atoms with Gasteiger partial charge in [0, 0.05) is 10.9 Å². The summed E-state index contributed by atoms with van der Waals surface area (Å²) in [5, 5.41) is 7.27. The molecule has 1 aromatic rings. The third-order valence-corrected chi connectivity index (χ3v) is 4.79. The normalized spacial score (nSPS) is 14.5. The number of hydrogen-bond donors (Lipinski definition) is 0. The van der Waals surface area contributed by atoms with E-state index in [1.807, 2.05) is 6.26 Å². The summed E-state index contributed by atoms with van der Waals surface area (Å²) < 4.78 is 6.00. The average Bonchev–Trinajstić information content (AvgIpc) is 2.65. The Morgan fingerprint density at radius 3 is 3.00 bits per heavy atom. The highest BCUT2D eigenvalue weighted by Gasteiger charge is 2.18. The summed E-state index contributed by atoms with van der Waals surface area (Å²) in [6.07, 6.45) is 5.45. The molecule has 6 heteroatoms. The van der Waals surface area contributed by atoms with Crippen LogP contribution in [0.1, 0.15) is 6.92 Å². The van der Waals surface area contributed by atoms with Gasteiger partial charge in [0.25, 0.3) is 4.38 Å². The van der Waals surface area contributed by atoms with Crippen molar-refractivity contribution in [3.63, 3.8) is 0 Å². The van der Waals surface area contributed by atoms with Crippen LogP contribution in [0.5, 0.6) is 0 Å². The lowest BCUT2D eigenvalue weighted by molar-refractivity contribution is 0.565. The van der Waals surface area contributed by atoms with Gasteiger partial charge in [0.1, 0.15) is 12.0 Å². The minimum absolute atomic E-state index is 0.186. The summed E-state index contributed by atoms with van der Waals surface area (Å²) in [5.74, 6) is 1.09. The van der Waals surface area contributed by atoms with Gasteiger partial charge in [-0.1, -0.05) is 16.9 Å². The lowest BCUT2D eigenvalue weighted by Crippen LogP contribution is -2.11. The highest BCUT2D eigenvalue weighted by atomic mass is 32.2. The smallest absolute Gasteiger partial charge is 0.347 e. The fourth-order valence-corrected chi connectivity index (χ4v) is 2.83. The summed E-state index contributed by atoms with van der Waals surface area (Å²) >= 11 is 1.64. The van der Waals surface area contributed by atoms with Crippen LogP contribution in [0.25, 0.3) is 0 Å². The molecule has 1 rings (SSSR count). The van der Waals surface area contributed by atoms with Gasteiger partial charge < -0.3 is 4.42 Å². The van der Waals surface area contributed by atoms with E-state index >= 15 is 0 Å². The van der Waals surface area contributed by atoms with Gasteiger partial charge >= 0.3 is 6.01 Å². The number of rotatable bonds is 2. The van der Waals surface area contributed by atoms with E-state index < -0.39 is 0 Å². The summed E-state index contributed by atoms with van der Waals surface area (Å²) in [4.78, 5) is 4.26. The lowest BCUT2D eigenvalue weighted by atomic mass is 11.0. The van der Waals surface area contributed by atoms with Crippen LogP contribution < -0.4 is 0 Å². The maximum absolute atomic E-state index is 4.94. The summed E-state index contributed by atoms with van der Waals surface area (Å²) in [6.45, 7) is 2.14. The standard InChI is InChI=1S/C7H12N3OS2/c1-4-13(3)7(12-2)9-6-10-8-5-11-6/h5H,4H2,1-3H3/q+1. The van der Waals surface area contributed by atoms with Crippen molar-refractivity contribution in [2.75, 3.05) is 18.3 Å². The molecule has 0 amide bonds. The highest BCUT2D eigenvalue weighted by Crippen LogP contribution is 2.14. The molecule has 1 aromatic heterocycles. The molecule has 0 saturated heterocycles. The van der Waals surface area contributed by atoms with Crippen molar-refractivity contribution in [1.82, 2.24) is 10.2 Å². The van der Waals surface area contributed by atoms with Crippen molar-refractivity contribution in [1.29, 1.82) is 0 Å². The Hall–Kier alpha value is -0.490. The van der Waals surface area contributed by atoms with Crippen molar-refractivity contribution in [3.05, 3.63) is 6.39 Å². The lowest BCUT2D eigenvalue weighted by Gasteiger charge is -1.97. The predicted octanol–water partition coefficient (Wildman–Crippen LogP) is 1.69. The Bertz CT molecular complexity index is 273. The van der Waals surface area contributed by atoms with Crippen molar-refractivity contribution >= 4 is 33.0 Å². The zero-order valence-electron chi connectivity index (χ0n) is 7.85. The maximum atomic E-state index is 4.94. The number of nitrogens with zero attached hydrogens (tertiary/aromatic N) is 3. The topological polar surface area (TPSA) is 51.3 Å². The fourth-order valence-electron chi connectivity index (χ4n) is 0.683. The zero-order valence-corrected chi connectivity index (χ0v) is 9.48. The SMILES string of the molecule is CC[S+](C)C(=Nc1nnco1)SC. The molecule has 0 aliphatic carbocycles. The molecule has 72 valence electrons. The second-order valence-electron chi connectivity index (χ2n) is 2.23. The summed E-state index contributed by atoms with van der Waals surface area (Å²) in [7, 11) is 0.186. The summed E-state index contributed by atoms with van der Waals surface area (Å²) in [5.41, 5.74) is 0. The molecule has 0 aliphatic heterocycles. The largest absolute Gasteiger partial charge is 0.409 e. The molecule has 1 atom stereocenters. The Kier molecular flexibility index (Phi) is 4.31. The van der Waals surface area contributed by atoms with Crippen LogP contribution in [0.3, 0.4) is 0 Å². The monoisotopic (exact) mass is 218 g/mol. The second-order valence-corrected chi connectivity index (χ2v) is 5.52. The first-order valence-electron chi connectivity index (χ1n) is 3.79. The molecule has 1 heterocycles. The molecule has 0 aromatic carbocycles. The molecule has 0 N–H and O–H groups in total. The Balaban J connectivity index is 2.76. The van der Waals surface area contributed by atoms with Crippen molar-refractivity contribution in [3.8, 4) is 0 Å². The number of hydrogen-bond acceptors (Lipinski definition) is 5. The number of aliphatic imine (C=N–C) groups is 1. The average molecular weight is 218 g/mol. The molecule has 0 radical (unpaired) electrons. The molecule has 1 unspecified atom stereocenters. The van der Waals surface area contributed by atoms with E-state index in [9.17, 15) is 0 Å². The predicted molar refractivity (Wildman–Crippen MR) is 58.7 cm³/mol. The van der Waals surface area contributed by atoms with E-state index in [1.54, 1.807) is 11.8 Å². The van der Waals surface area contributed by atoms with Gasteiger partial charge in [0.2, 0.25) is 6.39 Å². The van der Waals surface area contributed by atoms with Gasteiger partial charge in [-0.25, -0.2) is 0 Å². The first-order valence-corrected chi connectivity index (χ1v) is 6.82. The molecule has 4 nitrogen and oxygen atoms in total. The van der Waals surface area contributed by atoms with Gasteiger partial charge in [0.15, 0.2) is 0 Å². The number of aromatic nitrogens is 2. The molecule has 0 bridgehead atoms. The Morgan fingerprint density at radius 2 is 2.54 bits per heavy atom. The van der Waals surface area contributed by atoms with Crippen molar-refractivity contribution < 1.29 is 4.42 Å². The molecule has 0 fully saturated rings. The van der Waals surface area contributed by atoms with Crippen molar-refractivity contribution in [2.45, 2.75) is 6.92 Å². The minimum atomic E-state index is 0.186. The minimum Gasteiger partial charge on any atom is -0.409 e. The van der Waals surface area contributed by atoms with Crippen LogP contribution >= 0.6 is 11.8 Å². The van der Waals surface area contributed by atoms with Crippen LogP contribution in [0, 0.1) is 0 Å². The molecule has 0 spiro atoms. The molecular weight excluding hydrogens is 206 g/mol. The fraction of sp³-hybridized carbons (Fsp3) is 0.571. The van der Waals surface area contributed by atoms with E-state index in [4.69, 9.17) is 4.42 Å². The molecule has 13 heavy (non-hydrogen) atoms. The van der Waals surface area contributed by atoms with Gasteiger partial charge in [-0.05, 0) is 13.2 Å². The van der Waals surface area contributed by atoms with Gasteiger partial charge in [-0.3, -0.25) is 0 Å². The first kappa shape index (κ1) is 10.6. The van der Waals surface area contributed by atoms with E-state index in [1.165, 1.54) is 6.39 Å². The molecular formula is C7H12N3OS2+. The van der Waals surface area contributed by atoms with Crippen LogP contribution in [-0.2, 0) is 10.9 Å². The van der Waals surface area contributed by atoms with Gasteiger partial charge in [-0.15, -0.1) is 10.1 Å². The third kappa shape index (κ3) is 3.04. The maximum Gasteiger partial charge on any atom is 0.347 e. The zero-order chi connectivity index (χ0) is 9.68. The van der Waals surface area contributed by atoms with Crippen LogP contribution in [-0.4, -0.2) is 32.8 Å². The van der Waals surface area contributed by atoms with Crippen LogP contribution in [0.4, 0.5) is 6.01 Å². The second kappa shape index (κ2) is 5.29.